The van der Waals surface area contributed by atoms with Gasteiger partial charge in [0.2, 0.25) is 0 Å². The van der Waals surface area contributed by atoms with Gasteiger partial charge in [0.1, 0.15) is 0 Å². The topological polar surface area (TPSA) is 23.8 Å². The lowest BCUT2D eigenvalue weighted by atomic mass is 10.1. The van der Waals surface area contributed by atoms with Crippen molar-refractivity contribution in [2.24, 2.45) is 0 Å². The molecule has 0 atom stereocenters. The van der Waals surface area contributed by atoms with Crippen LogP contribution in [0.2, 0.25) is 0 Å². The van der Waals surface area contributed by atoms with Crippen LogP contribution in [0, 0.1) is 16.7 Å². The summed E-state index contributed by atoms with van der Waals surface area (Å²) in [6.07, 6.45) is 0. The van der Waals surface area contributed by atoms with Gasteiger partial charge in [0.15, 0.2) is 0 Å². The summed E-state index contributed by atoms with van der Waals surface area (Å²) in [5.74, 6) is 0. The maximum atomic E-state index is 8.86. The van der Waals surface area contributed by atoms with Crippen LogP contribution in [-0.2, 0) is 0 Å². The minimum absolute atomic E-state index is 0.721. The van der Waals surface area contributed by atoms with Crippen LogP contribution in [0.15, 0.2) is 36.4 Å². The SMILES string of the molecule is N#Cc1ccccc1-c1cc[c]s1. The van der Waals surface area contributed by atoms with Gasteiger partial charge in [-0.2, -0.15) is 5.26 Å². The van der Waals surface area contributed by atoms with Gasteiger partial charge in [0.25, 0.3) is 0 Å². The standard InChI is InChI=1S/C11H6NS/c12-8-9-4-1-2-5-10(9)11-6-3-7-13-11/h1-6H. The molecule has 0 saturated carbocycles. The Balaban J connectivity index is 2.59. The average molecular weight is 184 g/mol. The number of hydrogen-bond acceptors (Lipinski definition) is 2. The van der Waals surface area contributed by atoms with Crippen LogP contribution < -0.4 is 0 Å². The Morgan fingerprint density at radius 3 is 2.77 bits per heavy atom. The Morgan fingerprint density at radius 1 is 1.23 bits per heavy atom. The second-order valence-electron chi connectivity index (χ2n) is 2.57. The molecule has 2 aromatic rings. The van der Waals surface area contributed by atoms with Gasteiger partial charge in [-0.25, -0.2) is 0 Å². The fraction of sp³-hybridized carbons (Fsp3) is 0. The van der Waals surface area contributed by atoms with Crippen molar-refractivity contribution >= 4 is 11.3 Å². The van der Waals surface area contributed by atoms with E-state index < -0.39 is 0 Å². The van der Waals surface area contributed by atoms with Crippen molar-refractivity contribution in [1.82, 2.24) is 0 Å². The Morgan fingerprint density at radius 2 is 2.08 bits per heavy atom. The minimum Gasteiger partial charge on any atom is -0.192 e. The highest BCUT2D eigenvalue weighted by atomic mass is 32.1. The summed E-state index contributed by atoms with van der Waals surface area (Å²) in [7, 11) is 0. The highest BCUT2D eigenvalue weighted by molar-refractivity contribution is 7.13. The maximum absolute atomic E-state index is 8.86. The zero-order valence-corrected chi connectivity index (χ0v) is 7.64. The molecule has 0 fully saturated rings. The first kappa shape index (κ1) is 8.03. The monoisotopic (exact) mass is 184 g/mol. The van der Waals surface area contributed by atoms with Crippen molar-refractivity contribution in [3.05, 3.63) is 47.3 Å². The van der Waals surface area contributed by atoms with E-state index in [1.54, 1.807) is 0 Å². The van der Waals surface area contributed by atoms with Gasteiger partial charge in [-0.05, 0) is 18.2 Å². The molecule has 0 unspecified atom stereocenters. The summed E-state index contributed by atoms with van der Waals surface area (Å²) >= 11 is 1.53. The zero-order chi connectivity index (χ0) is 9.10. The molecule has 2 heteroatoms. The molecule has 1 aromatic carbocycles. The van der Waals surface area contributed by atoms with Crippen molar-refractivity contribution in [2.45, 2.75) is 0 Å². The third kappa shape index (κ3) is 1.47. The fourth-order valence-electron chi connectivity index (χ4n) is 1.18. The number of thiophene rings is 1. The van der Waals surface area contributed by atoms with Gasteiger partial charge in [-0.15, -0.1) is 11.3 Å². The smallest absolute Gasteiger partial charge is 0.0998 e. The van der Waals surface area contributed by atoms with Crippen LogP contribution in [-0.4, -0.2) is 0 Å². The van der Waals surface area contributed by atoms with Crippen LogP contribution in [0.4, 0.5) is 0 Å². The Kier molecular flexibility index (Phi) is 2.11. The molecule has 0 saturated heterocycles. The normalized spacial score (nSPS) is 9.46. The van der Waals surface area contributed by atoms with Crippen molar-refractivity contribution in [3.63, 3.8) is 0 Å². The lowest BCUT2D eigenvalue weighted by molar-refractivity contribution is 1.49. The number of nitriles is 1. The van der Waals surface area contributed by atoms with E-state index in [4.69, 9.17) is 5.26 Å². The van der Waals surface area contributed by atoms with Gasteiger partial charge >= 0.3 is 0 Å². The van der Waals surface area contributed by atoms with Gasteiger partial charge in [0.05, 0.1) is 11.6 Å². The van der Waals surface area contributed by atoms with E-state index in [0.29, 0.717) is 0 Å². The molecule has 0 aliphatic rings. The maximum Gasteiger partial charge on any atom is 0.0998 e. The summed E-state index contributed by atoms with van der Waals surface area (Å²) in [5.41, 5.74) is 1.72. The lowest BCUT2D eigenvalue weighted by Crippen LogP contribution is -1.78. The van der Waals surface area contributed by atoms with Gasteiger partial charge < -0.3 is 0 Å². The summed E-state index contributed by atoms with van der Waals surface area (Å²) < 4.78 is 0. The van der Waals surface area contributed by atoms with E-state index in [1.807, 2.05) is 36.4 Å². The van der Waals surface area contributed by atoms with E-state index in [0.717, 1.165) is 16.0 Å². The van der Waals surface area contributed by atoms with E-state index in [9.17, 15) is 0 Å². The van der Waals surface area contributed by atoms with Gasteiger partial charge in [0, 0.05) is 15.8 Å². The molecule has 0 bridgehead atoms. The number of benzene rings is 1. The summed E-state index contributed by atoms with van der Waals surface area (Å²) in [6, 6.07) is 13.6. The second kappa shape index (κ2) is 3.42. The molecule has 1 heterocycles. The molecular formula is C11H6NS. The molecule has 1 nitrogen and oxygen atoms in total. The lowest BCUT2D eigenvalue weighted by Gasteiger charge is -1.98. The highest BCUT2D eigenvalue weighted by Crippen LogP contribution is 2.26. The molecule has 0 spiro atoms. The Labute approximate surface area is 80.9 Å². The third-order valence-corrected chi connectivity index (χ3v) is 2.61. The molecular weight excluding hydrogens is 178 g/mol. The molecule has 0 aliphatic carbocycles. The van der Waals surface area contributed by atoms with Gasteiger partial charge in [-0.1, -0.05) is 18.2 Å². The molecule has 13 heavy (non-hydrogen) atoms. The highest BCUT2D eigenvalue weighted by Gasteiger charge is 2.03. The third-order valence-electron chi connectivity index (χ3n) is 1.78. The van der Waals surface area contributed by atoms with E-state index >= 15 is 0 Å². The van der Waals surface area contributed by atoms with Crippen LogP contribution in [0.5, 0.6) is 0 Å². The fourth-order valence-corrected chi connectivity index (χ4v) is 1.87. The predicted octanol–water partition coefficient (Wildman–Crippen LogP) is 3.09. The first-order chi connectivity index (χ1) is 6.42. The van der Waals surface area contributed by atoms with Crippen LogP contribution >= 0.6 is 11.3 Å². The first-order valence-corrected chi connectivity index (χ1v) is 4.69. The van der Waals surface area contributed by atoms with E-state index in [2.05, 4.69) is 11.4 Å². The van der Waals surface area contributed by atoms with E-state index in [-0.39, 0.29) is 0 Å². The Hall–Kier alpha value is -1.59. The van der Waals surface area contributed by atoms with Crippen molar-refractivity contribution < 1.29 is 0 Å². The Bertz CT molecular complexity index is 437. The number of nitrogens with zero attached hydrogens (tertiary/aromatic N) is 1. The molecule has 1 radical (unpaired) electrons. The van der Waals surface area contributed by atoms with Crippen molar-refractivity contribution in [3.8, 4) is 16.5 Å². The van der Waals surface area contributed by atoms with Crippen molar-refractivity contribution in [1.29, 1.82) is 5.26 Å². The second-order valence-corrected chi connectivity index (χ2v) is 3.45. The van der Waals surface area contributed by atoms with Crippen LogP contribution in [0.1, 0.15) is 5.56 Å². The predicted molar refractivity (Wildman–Crippen MR) is 53.3 cm³/mol. The summed E-state index contributed by atoms with van der Waals surface area (Å²) in [5, 5.41) is 11.9. The largest absolute Gasteiger partial charge is 0.192 e. The summed E-state index contributed by atoms with van der Waals surface area (Å²) in [6.45, 7) is 0. The van der Waals surface area contributed by atoms with Crippen LogP contribution in [0.3, 0.4) is 0 Å². The molecule has 2 rings (SSSR count). The molecule has 0 N–H and O–H groups in total. The summed E-state index contributed by atoms with van der Waals surface area (Å²) in [4.78, 5) is 1.09. The molecule has 0 amide bonds. The first-order valence-electron chi connectivity index (χ1n) is 3.87. The number of rotatable bonds is 1. The molecule has 61 valence electrons. The van der Waals surface area contributed by atoms with Crippen LogP contribution in [0.25, 0.3) is 10.4 Å². The number of hydrogen-bond donors (Lipinski definition) is 0. The quantitative estimate of drug-likeness (QED) is 0.668. The van der Waals surface area contributed by atoms with E-state index in [1.165, 1.54) is 11.3 Å². The minimum atomic E-state index is 0.721. The van der Waals surface area contributed by atoms with Gasteiger partial charge in [-0.3, -0.25) is 0 Å². The van der Waals surface area contributed by atoms with Crippen molar-refractivity contribution in [2.75, 3.05) is 0 Å². The average Bonchev–Trinajstić information content (AvgIpc) is 2.70. The zero-order valence-electron chi connectivity index (χ0n) is 6.82. The molecule has 0 aliphatic heterocycles. The molecule has 1 aromatic heterocycles.